The molecule has 0 amide bonds. The second-order valence-corrected chi connectivity index (χ2v) is 4.39. The number of aliphatic hydroxyl groups is 1. The van der Waals surface area contributed by atoms with Crippen molar-refractivity contribution >= 4 is 17.1 Å². The summed E-state index contributed by atoms with van der Waals surface area (Å²) in [5, 5.41) is 9.26. The Hall–Kier alpha value is -1.69. The van der Waals surface area contributed by atoms with E-state index in [-0.39, 0.29) is 18.0 Å². The molecule has 0 aliphatic rings. The number of alkyl halides is 2. The van der Waals surface area contributed by atoms with Crippen molar-refractivity contribution in [3.8, 4) is 5.75 Å². The number of hydrogen-bond donors (Lipinski definition) is 2. The number of halogens is 2. The van der Waals surface area contributed by atoms with Crippen LogP contribution in [0.2, 0.25) is 0 Å². The van der Waals surface area contributed by atoms with E-state index in [2.05, 4.69) is 16.7 Å². The Bertz CT molecular complexity index is 451. The van der Waals surface area contributed by atoms with Crippen LogP contribution in [0.25, 0.3) is 0 Å². The van der Waals surface area contributed by atoms with Crippen molar-refractivity contribution in [1.29, 1.82) is 0 Å². The summed E-state index contributed by atoms with van der Waals surface area (Å²) in [6, 6.07) is 4.18. The molecule has 20 heavy (non-hydrogen) atoms. The molecule has 4 nitrogen and oxygen atoms in total. The first-order valence-electron chi connectivity index (χ1n) is 6.58. The summed E-state index contributed by atoms with van der Waals surface area (Å²) >= 11 is 0. The van der Waals surface area contributed by atoms with E-state index in [1.54, 1.807) is 0 Å². The minimum atomic E-state index is -2.88. The zero-order valence-electron chi connectivity index (χ0n) is 11.5. The molecule has 0 spiro atoms. The molecule has 1 aromatic rings. The van der Waals surface area contributed by atoms with Crippen molar-refractivity contribution in [3.05, 3.63) is 18.2 Å². The number of nitrogens with zero attached hydrogens (tertiary/aromatic N) is 1. The first kappa shape index (κ1) is 16.4. The monoisotopic (exact) mass is 286 g/mol. The van der Waals surface area contributed by atoms with Crippen molar-refractivity contribution in [2.24, 2.45) is 4.99 Å². The molecule has 0 saturated carbocycles. The minimum Gasteiger partial charge on any atom is -0.435 e. The molecule has 0 atom stereocenters. The molecule has 0 aliphatic carbocycles. The largest absolute Gasteiger partial charge is 0.435 e. The van der Waals surface area contributed by atoms with E-state index in [0.717, 1.165) is 19.3 Å². The predicted molar refractivity (Wildman–Crippen MR) is 75.8 cm³/mol. The molecule has 0 heterocycles. The third-order valence-electron chi connectivity index (χ3n) is 2.75. The number of aliphatic imine (C=N–C) groups is 1. The molecule has 0 fully saturated rings. The number of rotatable bonds is 8. The van der Waals surface area contributed by atoms with E-state index in [1.165, 1.54) is 18.2 Å². The van der Waals surface area contributed by atoms with Crippen molar-refractivity contribution in [2.75, 3.05) is 12.3 Å². The van der Waals surface area contributed by atoms with Crippen LogP contribution in [-0.2, 0) is 0 Å². The number of aliphatic hydroxyl groups excluding tert-OH is 1. The Morgan fingerprint density at radius 2 is 2.15 bits per heavy atom. The molecule has 1 aromatic carbocycles. The highest BCUT2D eigenvalue weighted by molar-refractivity contribution is 5.89. The van der Waals surface area contributed by atoms with E-state index in [0.29, 0.717) is 17.8 Å². The molecule has 3 N–H and O–H groups in total. The van der Waals surface area contributed by atoms with Crippen LogP contribution in [0.3, 0.4) is 0 Å². The van der Waals surface area contributed by atoms with E-state index < -0.39 is 6.61 Å². The third-order valence-corrected chi connectivity index (χ3v) is 2.75. The number of ether oxygens (including phenoxy) is 1. The Balaban J connectivity index is 2.79. The van der Waals surface area contributed by atoms with Crippen molar-refractivity contribution in [2.45, 2.75) is 39.2 Å². The number of unbranched alkanes of at least 4 members (excludes halogenated alkanes) is 2. The van der Waals surface area contributed by atoms with Gasteiger partial charge in [0.05, 0.1) is 18.0 Å². The minimum absolute atomic E-state index is 0.00650. The van der Waals surface area contributed by atoms with Gasteiger partial charge in [-0.2, -0.15) is 8.78 Å². The normalized spacial score (nSPS) is 11.9. The van der Waals surface area contributed by atoms with Crippen molar-refractivity contribution in [1.82, 2.24) is 0 Å². The Morgan fingerprint density at radius 1 is 1.40 bits per heavy atom. The van der Waals surface area contributed by atoms with Gasteiger partial charge in [-0.3, -0.25) is 4.99 Å². The molecule has 0 radical (unpaired) electrons. The smallest absolute Gasteiger partial charge is 0.387 e. The predicted octanol–water partition coefficient (Wildman–Crippen LogP) is 3.52. The van der Waals surface area contributed by atoms with E-state index in [1.807, 2.05) is 0 Å². The van der Waals surface area contributed by atoms with E-state index in [9.17, 15) is 13.9 Å². The zero-order valence-corrected chi connectivity index (χ0v) is 11.5. The van der Waals surface area contributed by atoms with Crippen molar-refractivity contribution in [3.63, 3.8) is 0 Å². The van der Waals surface area contributed by atoms with Crippen LogP contribution in [-0.4, -0.2) is 24.0 Å². The lowest BCUT2D eigenvalue weighted by Gasteiger charge is -2.08. The molecular weight excluding hydrogens is 266 g/mol. The lowest BCUT2D eigenvalue weighted by molar-refractivity contribution is -0.0497. The summed E-state index contributed by atoms with van der Waals surface area (Å²) in [6.45, 7) is -0.931. The Labute approximate surface area is 117 Å². The van der Waals surface area contributed by atoms with Gasteiger partial charge in [0, 0.05) is 11.8 Å². The SMILES string of the molecule is CCCCC/C(CO)=N/c1ccc(OC(F)F)cc1N. The summed E-state index contributed by atoms with van der Waals surface area (Å²) in [7, 11) is 0. The highest BCUT2D eigenvalue weighted by atomic mass is 19.3. The van der Waals surface area contributed by atoms with E-state index >= 15 is 0 Å². The fourth-order valence-electron chi connectivity index (χ4n) is 1.73. The quantitative estimate of drug-likeness (QED) is 0.436. The Morgan fingerprint density at radius 3 is 2.70 bits per heavy atom. The van der Waals surface area contributed by atoms with Gasteiger partial charge >= 0.3 is 6.61 Å². The average Bonchev–Trinajstić information content (AvgIpc) is 2.39. The van der Waals surface area contributed by atoms with Crippen molar-refractivity contribution < 1.29 is 18.6 Å². The molecule has 112 valence electrons. The maximum absolute atomic E-state index is 12.1. The lowest BCUT2D eigenvalue weighted by Crippen LogP contribution is -2.05. The topological polar surface area (TPSA) is 67.8 Å². The number of anilines is 1. The number of nitrogen functional groups attached to an aromatic ring is 1. The standard InChI is InChI=1S/C14H20F2N2O2/c1-2-3-4-5-10(9-19)18-13-7-6-11(8-12(13)17)20-14(15)16/h6-8,14,19H,2-5,9,17H2,1H3/b18-10-. The Kier molecular flexibility index (Phi) is 6.93. The summed E-state index contributed by atoms with van der Waals surface area (Å²) in [4.78, 5) is 4.27. The fourth-order valence-corrected chi connectivity index (χ4v) is 1.73. The van der Waals surface area contributed by atoms with Gasteiger partial charge in [0.25, 0.3) is 0 Å². The average molecular weight is 286 g/mol. The summed E-state index contributed by atoms with van der Waals surface area (Å²) in [6.07, 6.45) is 3.79. The van der Waals surface area contributed by atoms with Gasteiger partial charge in [0.15, 0.2) is 0 Å². The molecule has 1 rings (SSSR count). The zero-order chi connectivity index (χ0) is 15.0. The van der Waals surface area contributed by atoms with Crippen LogP contribution in [0.15, 0.2) is 23.2 Å². The summed E-state index contributed by atoms with van der Waals surface area (Å²) < 4.78 is 28.4. The molecular formula is C14H20F2N2O2. The number of hydrogen-bond acceptors (Lipinski definition) is 4. The van der Waals surface area contributed by atoms with Crippen LogP contribution in [0, 0.1) is 0 Å². The first-order chi connectivity index (χ1) is 9.56. The number of nitrogens with two attached hydrogens (primary N) is 1. The van der Waals surface area contributed by atoms with Crippen LogP contribution in [0.4, 0.5) is 20.2 Å². The second-order valence-electron chi connectivity index (χ2n) is 4.39. The molecule has 0 saturated heterocycles. The highest BCUT2D eigenvalue weighted by Crippen LogP contribution is 2.28. The molecule has 0 aromatic heterocycles. The van der Waals surface area contributed by atoms with Gasteiger partial charge in [-0.05, 0) is 25.0 Å². The molecule has 0 unspecified atom stereocenters. The first-order valence-corrected chi connectivity index (χ1v) is 6.58. The van der Waals surface area contributed by atoms with Gasteiger partial charge in [0.2, 0.25) is 0 Å². The fraction of sp³-hybridized carbons (Fsp3) is 0.500. The van der Waals surface area contributed by atoms with Crippen LogP contribution < -0.4 is 10.5 Å². The van der Waals surface area contributed by atoms with Gasteiger partial charge in [-0.25, -0.2) is 0 Å². The molecule has 0 aliphatic heterocycles. The van der Waals surface area contributed by atoms with Gasteiger partial charge < -0.3 is 15.6 Å². The number of benzene rings is 1. The lowest BCUT2D eigenvalue weighted by atomic mass is 10.1. The van der Waals surface area contributed by atoms with Crippen LogP contribution in [0.1, 0.15) is 32.6 Å². The maximum Gasteiger partial charge on any atom is 0.387 e. The second kappa shape index (κ2) is 8.47. The highest BCUT2D eigenvalue weighted by Gasteiger charge is 2.07. The third kappa shape index (κ3) is 5.52. The van der Waals surface area contributed by atoms with Crippen LogP contribution in [0.5, 0.6) is 5.75 Å². The van der Waals surface area contributed by atoms with Gasteiger partial charge in [-0.1, -0.05) is 19.8 Å². The summed E-state index contributed by atoms with van der Waals surface area (Å²) in [5.41, 5.74) is 7.06. The maximum atomic E-state index is 12.1. The van der Waals surface area contributed by atoms with E-state index in [4.69, 9.17) is 5.73 Å². The molecule has 6 heteroatoms. The molecule has 0 bridgehead atoms. The van der Waals surface area contributed by atoms with Gasteiger partial charge in [-0.15, -0.1) is 0 Å². The summed E-state index contributed by atoms with van der Waals surface area (Å²) in [5.74, 6) is -0.00650. The van der Waals surface area contributed by atoms with Gasteiger partial charge in [0.1, 0.15) is 5.75 Å². The van der Waals surface area contributed by atoms with Crippen LogP contribution >= 0.6 is 0 Å².